The van der Waals surface area contributed by atoms with Gasteiger partial charge < -0.3 is 10.1 Å². The maximum Gasteiger partial charge on any atom is 0.390 e. The SMILES string of the molecule is COc1cccc(Cl)c1CNC(C)CC(F)(F)F. The Kier molecular flexibility index (Phi) is 5.28. The third-order valence-corrected chi connectivity index (χ3v) is 2.81. The molecule has 1 aromatic carbocycles. The van der Waals surface area contributed by atoms with Crippen LogP contribution >= 0.6 is 11.6 Å². The quantitative estimate of drug-likeness (QED) is 0.887. The number of halogens is 4. The first-order valence-corrected chi connectivity index (χ1v) is 5.83. The van der Waals surface area contributed by atoms with E-state index in [1.54, 1.807) is 18.2 Å². The van der Waals surface area contributed by atoms with Crippen LogP contribution < -0.4 is 10.1 Å². The largest absolute Gasteiger partial charge is 0.496 e. The summed E-state index contributed by atoms with van der Waals surface area (Å²) in [4.78, 5) is 0. The monoisotopic (exact) mass is 281 g/mol. The van der Waals surface area contributed by atoms with Crippen molar-refractivity contribution in [2.24, 2.45) is 0 Å². The fourth-order valence-electron chi connectivity index (χ4n) is 1.60. The molecule has 1 atom stereocenters. The molecule has 0 bridgehead atoms. The summed E-state index contributed by atoms with van der Waals surface area (Å²) in [6.45, 7) is 1.72. The minimum Gasteiger partial charge on any atom is -0.496 e. The summed E-state index contributed by atoms with van der Waals surface area (Å²) < 4.78 is 41.6. The Labute approximate surface area is 109 Å². The Morgan fingerprint density at radius 2 is 2.06 bits per heavy atom. The van der Waals surface area contributed by atoms with E-state index < -0.39 is 18.6 Å². The second kappa shape index (κ2) is 6.29. The minimum absolute atomic E-state index is 0.236. The highest BCUT2D eigenvalue weighted by Gasteiger charge is 2.29. The summed E-state index contributed by atoms with van der Waals surface area (Å²) in [5, 5.41) is 3.26. The number of methoxy groups -OCH3 is 1. The predicted octanol–water partition coefficient (Wildman–Crippen LogP) is 3.78. The summed E-state index contributed by atoms with van der Waals surface area (Å²) in [6.07, 6.45) is -5.04. The number of benzene rings is 1. The van der Waals surface area contributed by atoms with Crippen LogP contribution in [0.3, 0.4) is 0 Å². The van der Waals surface area contributed by atoms with Crippen LogP contribution in [-0.2, 0) is 6.54 Å². The lowest BCUT2D eigenvalue weighted by Crippen LogP contribution is -2.30. The number of hydrogen-bond acceptors (Lipinski definition) is 2. The van der Waals surface area contributed by atoms with E-state index in [0.29, 0.717) is 16.3 Å². The van der Waals surface area contributed by atoms with E-state index in [1.807, 2.05) is 0 Å². The highest BCUT2D eigenvalue weighted by molar-refractivity contribution is 6.31. The Bertz CT molecular complexity index is 395. The minimum atomic E-state index is -4.17. The molecule has 0 spiro atoms. The lowest BCUT2D eigenvalue weighted by Gasteiger charge is -2.17. The number of hydrogen-bond donors (Lipinski definition) is 1. The van der Waals surface area contributed by atoms with E-state index >= 15 is 0 Å². The van der Waals surface area contributed by atoms with Gasteiger partial charge in [-0.1, -0.05) is 17.7 Å². The van der Waals surface area contributed by atoms with Crippen LogP contribution in [0.2, 0.25) is 5.02 Å². The van der Waals surface area contributed by atoms with E-state index in [9.17, 15) is 13.2 Å². The molecule has 0 amide bonds. The Morgan fingerprint density at radius 3 is 2.61 bits per heavy atom. The zero-order valence-corrected chi connectivity index (χ0v) is 10.9. The summed E-state index contributed by atoms with van der Waals surface area (Å²) in [7, 11) is 1.49. The van der Waals surface area contributed by atoms with Crippen molar-refractivity contribution in [1.82, 2.24) is 5.32 Å². The molecule has 0 radical (unpaired) electrons. The zero-order valence-electron chi connectivity index (χ0n) is 10.1. The molecule has 1 N–H and O–H groups in total. The topological polar surface area (TPSA) is 21.3 Å². The van der Waals surface area contributed by atoms with E-state index in [1.165, 1.54) is 14.0 Å². The second-order valence-corrected chi connectivity index (χ2v) is 4.43. The maximum absolute atomic E-state index is 12.2. The van der Waals surface area contributed by atoms with Gasteiger partial charge in [0.05, 0.1) is 13.5 Å². The van der Waals surface area contributed by atoms with Crippen LogP contribution in [0.15, 0.2) is 18.2 Å². The lowest BCUT2D eigenvalue weighted by molar-refractivity contribution is -0.139. The van der Waals surface area contributed by atoms with E-state index in [0.717, 1.165) is 0 Å². The summed E-state index contributed by atoms with van der Waals surface area (Å²) in [5.74, 6) is 0.564. The molecule has 1 unspecified atom stereocenters. The number of ether oxygens (including phenoxy) is 1. The van der Waals surface area contributed by atoms with Crippen LogP contribution in [0, 0.1) is 0 Å². The van der Waals surface area contributed by atoms with Crippen molar-refractivity contribution in [2.75, 3.05) is 7.11 Å². The third kappa shape index (κ3) is 4.74. The van der Waals surface area contributed by atoms with Gasteiger partial charge in [-0.3, -0.25) is 0 Å². The first-order chi connectivity index (χ1) is 8.33. The van der Waals surface area contributed by atoms with Crippen molar-refractivity contribution in [1.29, 1.82) is 0 Å². The molecular weight excluding hydrogens is 267 g/mol. The van der Waals surface area contributed by atoms with Gasteiger partial charge in [-0.05, 0) is 19.1 Å². The van der Waals surface area contributed by atoms with Crippen molar-refractivity contribution in [2.45, 2.75) is 32.1 Å². The van der Waals surface area contributed by atoms with Crippen LogP contribution in [0.4, 0.5) is 13.2 Å². The zero-order chi connectivity index (χ0) is 13.8. The van der Waals surface area contributed by atoms with Crippen molar-refractivity contribution >= 4 is 11.6 Å². The predicted molar refractivity (Wildman–Crippen MR) is 65.0 cm³/mol. The molecule has 0 aliphatic heterocycles. The summed E-state index contributed by atoms with van der Waals surface area (Å²) >= 11 is 5.98. The van der Waals surface area contributed by atoms with Crippen molar-refractivity contribution < 1.29 is 17.9 Å². The molecule has 0 aliphatic rings. The molecule has 1 aromatic rings. The molecule has 0 saturated heterocycles. The van der Waals surface area contributed by atoms with Crippen LogP contribution in [0.25, 0.3) is 0 Å². The summed E-state index contributed by atoms with van der Waals surface area (Å²) in [6, 6.07) is 4.45. The lowest BCUT2D eigenvalue weighted by atomic mass is 10.1. The molecule has 0 aliphatic carbocycles. The van der Waals surface area contributed by atoms with Crippen LogP contribution in [-0.4, -0.2) is 19.3 Å². The molecule has 0 aromatic heterocycles. The van der Waals surface area contributed by atoms with Crippen molar-refractivity contribution in [3.8, 4) is 5.75 Å². The Hall–Kier alpha value is -0.940. The standard InChI is InChI=1S/C12H15ClF3NO/c1-8(6-12(14,15)16)17-7-9-10(13)4-3-5-11(9)18-2/h3-5,8,17H,6-7H2,1-2H3. The Balaban J connectivity index is 2.63. The molecule has 0 fully saturated rings. The van der Waals surface area contributed by atoms with Gasteiger partial charge in [0.25, 0.3) is 0 Å². The highest BCUT2D eigenvalue weighted by Crippen LogP contribution is 2.27. The van der Waals surface area contributed by atoms with E-state index in [-0.39, 0.29) is 6.54 Å². The fourth-order valence-corrected chi connectivity index (χ4v) is 1.83. The van der Waals surface area contributed by atoms with Crippen LogP contribution in [0.1, 0.15) is 18.9 Å². The molecule has 18 heavy (non-hydrogen) atoms. The van der Waals surface area contributed by atoms with Gasteiger partial charge in [-0.15, -0.1) is 0 Å². The molecule has 6 heteroatoms. The third-order valence-electron chi connectivity index (χ3n) is 2.46. The summed E-state index contributed by atoms with van der Waals surface area (Å²) in [5.41, 5.74) is 0.663. The van der Waals surface area contributed by atoms with E-state index in [4.69, 9.17) is 16.3 Å². The maximum atomic E-state index is 12.2. The number of nitrogens with one attached hydrogen (secondary N) is 1. The smallest absolute Gasteiger partial charge is 0.390 e. The van der Waals surface area contributed by atoms with Gasteiger partial charge in [0.2, 0.25) is 0 Å². The van der Waals surface area contributed by atoms with Gasteiger partial charge in [0, 0.05) is 23.2 Å². The normalized spacial score (nSPS) is 13.4. The van der Waals surface area contributed by atoms with E-state index in [2.05, 4.69) is 5.32 Å². The molecule has 1 rings (SSSR count). The average Bonchev–Trinajstić information content (AvgIpc) is 2.24. The van der Waals surface area contributed by atoms with Gasteiger partial charge in [-0.2, -0.15) is 13.2 Å². The molecule has 102 valence electrons. The van der Waals surface area contributed by atoms with Gasteiger partial charge in [0.15, 0.2) is 0 Å². The average molecular weight is 282 g/mol. The van der Waals surface area contributed by atoms with Crippen LogP contribution in [0.5, 0.6) is 5.75 Å². The van der Waals surface area contributed by atoms with Gasteiger partial charge in [-0.25, -0.2) is 0 Å². The van der Waals surface area contributed by atoms with Crippen molar-refractivity contribution in [3.63, 3.8) is 0 Å². The van der Waals surface area contributed by atoms with Gasteiger partial charge in [0.1, 0.15) is 5.75 Å². The first-order valence-electron chi connectivity index (χ1n) is 5.45. The number of rotatable bonds is 5. The number of alkyl halides is 3. The first kappa shape index (κ1) is 15.1. The van der Waals surface area contributed by atoms with Gasteiger partial charge >= 0.3 is 6.18 Å². The molecule has 2 nitrogen and oxygen atoms in total. The molecule has 0 saturated carbocycles. The van der Waals surface area contributed by atoms with Crippen molar-refractivity contribution in [3.05, 3.63) is 28.8 Å². The Morgan fingerprint density at radius 1 is 1.39 bits per heavy atom. The fraction of sp³-hybridized carbons (Fsp3) is 0.500. The molecule has 0 heterocycles. The second-order valence-electron chi connectivity index (χ2n) is 4.02. The molecular formula is C12H15ClF3NO. The highest BCUT2D eigenvalue weighted by atomic mass is 35.5.